The number of carbonyl (C=O) groups is 2. The third-order valence-electron chi connectivity index (χ3n) is 5.56. The van der Waals surface area contributed by atoms with Gasteiger partial charge in [0, 0.05) is 23.7 Å². The molecule has 3 aromatic carbocycles. The predicted molar refractivity (Wildman–Crippen MR) is 142 cm³/mol. The topological polar surface area (TPSA) is 76.5 Å². The van der Waals surface area contributed by atoms with E-state index in [2.05, 4.69) is 5.32 Å². The van der Waals surface area contributed by atoms with Crippen LogP contribution in [-0.4, -0.2) is 46.7 Å². The van der Waals surface area contributed by atoms with E-state index in [1.54, 1.807) is 48.2 Å². The number of ether oxygens (including phenoxy) is 1. The van der Waals surface area contributed by atoms with Crippen molar-refractivity contribution in [3.63, 3.8) is 0 Å². The van der Waals surface area contributed by atoms with Crippen LogP contribution in [0.3, 0.4) is 0 Å². The highest BCUT2D eigenvalue weighted by atomic mass is 35.5. The van der Waals surface area contributed by atoms with Gasteiger partial charge >= 0.3 is 0 Å². The number of hydrogen-bond donors (Lipinski definition) is 1. The molecule has 1 N–H and O–H groups in total. The van der Waals surface area contributed by atoms with Gasteiger partial charge in [-0.2, -0.15) is 5.10 Å². The number of amides is 2. The Hall–Kier alpha value is -4.10. The lowest BCUT2D eigenvalue weighted by atomic mass is 10.1. The molecule has 0 saturated heterocycles. The summed E-state index contributed by atoms with van der Waals surface area (Å²) < 4.78 is 6.85. The van der Waals surface area contributed by atoms with Gasteiger partial charge < -0.3 is 15.0 Å². The van der Waals surface area contributed by atoms with Gasteiger partial charge in [0.05, 0.1) is 23.5 Å². The van der Waals surface area contributed by atoms with Crippen molar-refractivity contribution in [3.8, 4) is 22.7 Å². The Morgan fingerprint density at radius 3 is 2.47 bits per heavy atom. The summed E-state index contributed by atoms with van der Waals surface area (Å²) >= 11 is 6.45. The third-order valence-corrected chi connectivity index (χ3v) is 5.88. The first-order chi connectivity index (χ1) is 17.5. The van der Waals surface area contributed by atoms with Gasteiger partial charge in [0.1, 0.15) is 18.1 Å². The zero-order chi connectivity index (χ0) is 25.5. The van der Waals surface area contributed by atoms with Crippen LogP contribution >= 0.6 is 11.6 Å². The van der Waals surface area contributed by atoms with Gasteiger partial charge in [-0.3, -0.25) is 9.59 Å². The van der Waals surface area contributed by atoms with Crippen LogP contribution in [0.2, 0.25) is 5.02 Å². The Kier molecular flexibility index (Phi) is 8.02. The third kappa shape index (κ3) is 5.75. The van der Waals surface area contributed by atoms with Gasteiger partial charge in [-0.05, 0) is 36.8 Å². The Morgan fingerprint density at radius 1 is 1.00 bits per heavy atom. The molecule has 0 aliphatic carbocycles. The quantitative estimate of drug-likeness (QED) is 0.319. The molecule has 0 atom stereocenters. The van der Waals surface area contributed by atoms with Crippen molar-refractivity contribution in [1.29, 1.82) is 0 Å². The van der Waals surface area contributed by atoms with Crippen molar-refractivity contribution in [2.75, 3.05) is 25.5 Å². The number of benzene rings is 3. The number of methoxy groups -OCH3 is 1. The molecule has 7 nitrogen and oxygen atoms in total. The molecule has 0 aliphatic heterocycles. The molecule has 184 valence electrons. The van der Waals surface area contributed by atoms with E-state index in [1.165, 1.54) is 4.90 Å². The predicted octanol–water partition coefficient (Wildman–Crippen LogP) is 5.69. The maximum Gasteiger partial charge on any atom is 0.254 e. The Bertz CT molecular complexity index is 1350. The van der Waals surface area contributed by atoms with E-state index in [-0.39, 0.29) is 18.4 Å². The minimum Gasteiger partial charge on any atom is -0.497 e. The summed E-state index contributed by atoms with van der Waals surface area (Å²) in [5.41, 5.74) is 2.68. The van der Waals surface area contributed by atoms with Crippen LogP contribution in [0, 0.1) is 0 Å². The average Bonchev–Trinajstić information content (AvgIpc) is 3.32. The molecular weight excluding hydrogens is 476 g/mol. The largest absolute Gasteiger partial charge is 0.497 e. The molecule has 0 bridgehead atoms. The molecule has 36 heavy (non-hydrogen) atoms. The van der Waals surface area contributed by atoms with E-state index in [4.69, 9.17) is 21.4 Å². The lowest BCUT2D eigenvalue weighted by molar-refractivity contribution is -0.116. The smallest absolute Gasteiger partial charge is 0.254 e. The zero-order valence-electron chi connectivity index (χ0n) is 20.1. The highest BCUT2D eigenvalue weighted by Gasteiger charge is 2.21. The zero-order valence-corrected chi connectivity index (χ0v) is 20.9. The second-order valence-corrected chi connectivity index (χ2v) is 8.56. The van der Waals surface area contributed by atoms with Crippen LogP contribution in [0.4, 0.5) is 5.82 Å². The number of rotatable bonds is 9. The van der Waals surface area contributed by atoms with Gasteiger partial charge in [-0.15, -0.1) is 0 Å². The van der Waals surface area contributed by atoms with Crippen molar-refractivity contribution in [2.45, 2.75) is 13.3 Å². The maximum absolute atomic E-state index is 13.2. The van der Waals surface area contributed by atoms with Crippen LogP contribution < -0.4 is 10.1 Å². The summed E-state index contributed by atoms with van der Waals surface area (Å²) in [6.07, 6.45) is 0.707. The summed E-state index contributed by atoms with van der Waals surface area (Å²) in [4.78, 5) is 27.9. The number of nitrogens with zero attached hydrogens (tertiary/aromatic N) is 3. The van der Waals surface area contributed by atoms with Crippen LogP contribution in [-0.2, 0) is 4.79 Å². The highest BCUT2D eigenvalue weighted by Crippen LogP contribution is 2.28. The number of anilines is 1. The number of hydrogen-bond acceptors (Lipinski definition) is 4. The number of halogens is 1. The van der Waals surface area contributed by atoms with Crippen molar-refractivity contribution in [3.05, 3.63) is 95.5 Å². The van der Waals surface area contributed by atoms with Gasteiger partial charge in [0.25, 0.3) is 5.91 Å². The van der Waals surface area contributed by atoms with E-state index >= 15 is 0 Å². The number of carbonyl (C=O) groups excluding carboxylic acids is 2. The molecule has 2 amide bonds. The van der Waals surface area contributed by atoms with Crippen molar-refractivity contribution >= 4 is 29.2 Å². The van der Waals surface area contributed by atoms with Gasteiger partial charge in [0.15, 0.2) is 0 Å². The second-order valence-electron chi connectivity index (χ2n) is 8.15. The molecular formula is C28H27ClN4O3. The monoisotopic (exact) mass is 502 g/mol. The molecule has 4 aromatic rings. The fourth-order valence-corrected chi connectivity index (χ4v) is 4.06. The molecule has 0 spiro atoms. The molecule has 4 rings (SSSR count). The van der Waals surface area contributed by atoms with E-state index in [0.717, 1.165) is 5.56 Å². The molecule has 0 radical (unpaired) electrons. The van der Waals surface area contributed by atoms with Crippen LogP contribution in [0.1, 0.15) is 23.7 Å². The summed E-state index contributed by atoms with van der Waals surface area (Å²) in [5.74, 6) is 0.457. The van der Waals surface area contributed by atoms with Crippen molar-refractivity contribution in [2.24, 2.45) is 0 Å². The minimum atomic E-state index is -0.340. The number of para-hydroxylation sites is 1. The highest BCUT2D eigenvalue weighted by molar-refractivity contribution is 6.32. The van der Waals surface area contributed by atoms with Gasteiger partial charge in [-0.25, -0.2) is 4.68 Å². The fourth-order valence-electron chi connectivity index (χ4n) is 3.84. The first-order valence-electron chi connectivity index (χ1n) is 11.6. The maximum atomic E-state index is 13.2. The summed E-state index contributed by atoms with van der Waals surface area (Å²) in [7, 11) is 1.55. The van der Waals surface area contributed by atoms with Gasteiger partial charge in [0.2, 0.25) is 5.91 Å². The molecule has 0 fully saturated rings. The minimum absolute atomic E-state index is 0.113. The Labute approximate surface area is 215 Å². The fraction of sp³-hybridized carbons (Fsp3) is 0.179. The Balaban J connectivity index is 1.61. The van der Waals surface area contributed by atoms with Crippen molar-refractivity contribution < 1.29 is 14.3 Å². The summed E-state index contributed by atoms with van der Waals surface area (Å²) in [6.45, 7) is 2.28. The van der Waals surface area contributed by atoms with Crippen LogP contribution in [0.15, 0.2) is 84.9 Å². The normalized spacial score (nSPS) is 10.6. The van der Waals surface area contributed by atoms with Crippen LogP contribution in [0.5, 0.6) is 5.75 Å². The first kappa shape index (κ1) is 25.0. The SMILES string of the molecule is CCCN(CC(=O)Nc1cc(-c2ccccc2)nn1-c1ccccc1Cl)C(=O)c1cccc(OC)c1. The number of aromatic nitrogens is 2. The summed E-state index contributed by atoms with van der Waals surface area (Å²) in [5, 5.41) is 8.13. The average molecular weight is 503 g/mol. The molecule has 1 heterocycles. The number of nitrogens with one attached hydrogen (secondary N) is 1. The Morgan fingerprint density at radius 2 is 1.75 bits per heavy atom. The molecule has 8 heteroatoms. The van der Waals surface area contributed by atoms with E-state index < -0.39 is 0 Å². The lowest BCUT2D eigenvalue weighted by Crippen LogP contribution is -2.38. The molecule has 0 aliphatic rings. The first-order valence-corrected chi connectivity index (χ1v) is 12.0. The van der Waals surface area contributed by atoms with Crippen LogP contribution in [0.25, 0.3) is 16.9 Å². The van der Waals surface area contributed by atoms with E-state index in [9.17, 15) is 9.59 Å². The van der Waals surface area contributed by atoms with E-state index in [1.807, 2.05) is 55.5 Å². The lowest BCUT2D eigenvalue weighted by Gasteiger charge is -2.22. The van der Waals surface area contributed by atoms with Gasteiger partial charge in [-0.1, -0.05) is 67.1 Å². The molecule has 1 aromatic heterocycles. The summed E-state index contributed by atoms with van der Waals surface area (Å²) in [6, 6.07) is 25.7. The van der Waals surface area contributed by atoms with Crippen molar-refractivity contribution in [1.82, 2.24) is 14.7 Å². The molecule has 0 unspecified atom stereocenters. The van der Waals surface area contributed by atoms with E-state index in [0.29, 0.717) is 46.5 Å². The standard InChI is InChI=1S/C28H27ClN4O3/c1-3-16-32(28(35)21-12-9-13-22(17-21)36-2)19-27(34)30-26-18-24(20-10-5-4-6-11-20)31-33(26)25-15-8-7-14-23(25)29/h4-15,17-18H,3,16,19H2,1-2H3,(H,30,34). The molecule has 0 saturated carbocycles. The second kappa shape index (κ2) is 11.6.